The molecule has 2 N–H and O–H groups in total. The highest BCUT2D eigenvalue weighted by atomic mass is 16.5. The molecule has 0 amide bonds. The Morgan fingerprint density at radius 2 is 2.12 bits per heavy atom. The highest BCUT2D eigenvalue weighted by Crippen LogP contribution is 2.31. The van der Waals surface area contributed by atoms with Gasteiger partial charge in [-0.1, -0.05) is 6.08 Å². The molecule has 5 heterocycles. The smallest absolute Gasteiger partial charge is 0.224 e. The van der Waals surface area contributed by atoms with Crippen LogP contribution < -0.4 is 10.6 Å². The molecule has 3 aromatic rings. The molecule has 132 valence electrons. The first-order valence-electron chi connectivity index (χ1n) is 8.82. The number of anilines is 2. The van der Waals surface area contributed by atoms with E-state index >= 15 is 0 Å². The molecule has 8 nitrogen and oxygen atoms in total. The molecule has 0 aliphatic carbocycles. The maximum atomic E-state index is 5.40. The zero-order valence-corrected chi connectivity index (χ0v) is 14.2. The van der Waals surface area contributed by atoms with Crippen molar-refractivity contribution in [1.29, 1.82) is 0 Å². The number of nitrogens with one attached hydrogen (secondary N) is 2. The van der Waals surface area contributed by atoms with E-state index in [9.17, 15) is 0 Å². The molecule has 0 spiro atoms. The van der Waals surface area contributed by atoms with Crippen LogP contribution in [0.2, 0.25) is 0 Å². The topological polar surface area (TPSA) is 89.3 Å². The Labute approximate surface area is 150 Å². The van der Waals surface area contributed by atoms with Gasteiger partial charge in [0.15, 0.2) is 5.65 Å². The van der Waals surface area contributed by atoms with Gasteiger partial charge in [-0.25, -0.2) is 14.5 Å². The molecule has 5 rings (SSSR count). The molecule has 0 radical (unpaired) electrons. The van der Waals surface area contributed by atoms with Crippen LogP contribution in [0.5, 0.6) is 0 Å². The van der Waals surface area contributed by atoms with Crippen molar-refractivity contribution in [2.75, 3.05) is 30.4 Å². The molecule has 0 saturated carbocycles. The van der Waals surface area contributed by atoms with Crippen LogP contribution in [0.3, 0.4) is 0 Å². The van der Waals surface area contributed by atoms with Crippen LogP contribution in [0.1, 0.15) is 24.0 Å². The van der Waals surface area contributed by atoms with E-state index in [0.29, 0.717) is 12.0 Å². The summed E-state index contributed by atoms with van der Waals surface area (Å²) in [6, 6.07) is 4.39. The van der Waals surface area contributed by atoms with Gasteiger partial charge in [0, 0.05) is 49.3 Å². The molecule has 1 saturated heterocycles. The lowest BCUT2D eigenvalue weighted by Gasteiger charge is -2.24. The molecule has 8 heteroatoms. The Kier molecular flexibility index (Phi) is 3.75. The van der Waals surface area contributed by atoms with Crippen molar-refractivity contribution in [2.24, 2.45) is 0 Å². The Bertz CT molecular complexity index is 975. The second-order valence-electron chi connectivity index (χ2n) is 6.47. The van der Waals surface area contributed by atoms with E-state index in [4.69, 9.17) is 4.74 Å². The van der Waals surface area contributed by atoms with Crippen LogP contribution in [0.4, 0.5) is 11.8 Å². The summed E-state index contributed by atoms with van der Waals surface area (Å²) in [4.78, 5) is 13.4. The number of ether oxygens (including phenoxy) is 1. The molecule has 0 atom stereocenters. The fourth-order valence-electron chi connectivity index (χ4n) is 3.42. The van der Waals surface area contributed by atoms with E-state index in [1.807, 2.05) is 18.5 Å². The van der Waals surface area contributed by atoms with Gasteiger partial charge < -0.3 is 15.4 Å². The average Bonchev–Trinajstić information content (AvgIpc) is 3.16. The molecule has 26 heavy (non-hydrogen) atoms. The van der Waals surface area contributed by atoms with Crippen molar-refractivity contribution < 1.29 is 4.74 Å². The fourth-order valence-corrected chi connectivity index (χ4v) is 3.42. The van der Waals surface area contributed by atoms with Gasteiger partial charge in [-0.3, -0.25) is 0 Å². The summed E-state index contributed by atoms with van der Waals surface area (Å²) in [5.74, 6) is 1.52. The van der Waals surface area contributed by atoms with Gasteiger partial charge in [0.25, 0.3) is 0 Å². The summed E-state index contributed by atoms with van der Waals surface area (Å²) < 4.78 is 7.18. The SMILES string of the molecule is C1=C(c2ccc3ncnn3c2)c2cnc(NC3CCOCC3)nc2NC1. The van der Waals surface area contributed by atoms with Crippen molar-refractivity contribution in [3.05, 3.63) is 48.1 Å². The summed E-state index contributed by atoms with van der Waals surface area (Å²) in [6.45, 7) is 2.31. The minimum Gasteiger partial charge on any atom is -0.381 e. The van der Waals surface area contributed by atoms with E-state index in [1.54, 1.807) is 10.8 Å². The van der Waals surface area contributed by atoms with Crippen LogP contribution in [0, 0.1) is 0 Å². The zero-order valence-electron chi connectivity index (χ0n) is 14.2. The summed E-state index contributed by atoms with van der Waals surface area (Å²) >= 11 is 0. The summed E-state index contributed by atoms with van der Waals surface area (Å²) in [5, 5.41) is 11.0. The van der Waals surface area contributed by atoms with Crippen molar-refractivity contribution in [3.63, 3.8) is 0 Å². The minimum atomic E-state index is 0.370. The molecular formula is C18H19N7O. The highest BCUT2D eigenvalue weighted by Gasteiger charge is 2.19. The number of nitrogens with zero attached hydrogens (tertiary/aromatic N) is 5. The second-order valence-corrected chi connectivity index (χ2v) is 6.47. The maximum Gasteiger partial charge on any atom is 0.224 e. The maximum absolute atomic E-state index is 5.40. The van der Waals surface area contributed by atoms with E-state index < -0.39 is 0 Å². The number of pyridine rings is 1. The predicted molar refractivity (Wildman–Crippen MR) is 98.1 cm³/mol. The Morgan fingerprint density at radius 3 is 3.04 bits per heavy atom. The standard InChI is InChI=1S/C18H19N7O/c1-2-16-21-11-22-25(16)10-12(1)14-3-6-19-17-15(14)9-20-18(24-17)23-13-4-7-26-8-5-13/h1-3,9-11,13H,4-8H2,(H2,19,20,23,24). The van der Waals surface area contributed by atoms with Gasteiger partial charge in [-0.2, -0.15) is 10.1 Å². The molecule has 2 aliphatic heterocycles. The average molecular weight is 349 g/mol. The molecule has 0 bridgehead atoms. The van der Waals surface area contributed by atoms with Gasteiger partial charge >= 0.3 is 0 Å². The molecule has 1 fully saturated rings. The van der Waals surface area contributed by atoms with Crippen molar-refractivity contribution in [2.45, 2.75) is 18.9 Å². The third-order valence-corrected chi connectivity index (χ3v) is 4.79. The Balaban J connectivity index is 1.44. The lowest BCUT2D eigenvalue weighted by Crippen LogP contribution is -2.29. The van der Waals surface area contributed by atoms with E-state index in [1.165, 1.54) is 0 Å². The minimum absolute atomic E-state index is 0.370. The first kappa shape index (κ1) is 15.3. The normalized spacial score (nSPS) is 17.5. The van der Waals surface area contributed by atoms with Crippen LogP contribution in [0.25, 0.3) is 11.2 Å². The van der Waals surface area contributed by atoms with Crippen molar-refractivity contribution in [3.8, 4) is 0 Å². The molecule has 2 aliphatic rings. The van der Waals surface area contributed by atoms with Gasteiger partial charge in [0.05, 0.1) is 0 Å². The number of aromatic nitrogens is 5. The van der Waals surface area contributed by atoms with E-state index in [-0.39, 0.29) is 0 Å². The molecule has 0 aromatic carbocycles. The van der Waals surface area contributed by atoms with Crippen molar-refractivity contribution >= 4 is 23.0 Å². The lowest BCUT2D eigenvalue weighted by atomic mass is 9.98. The number of fused-ring (bicyclic) bond motifs is 2. The van der Waals surface area contributed by atoms with Crippen molar-refractivity contribution in [1.82, 2.24) is 24.6 Å². The van der Waals surface area contributed by atoms with Crippen LogP contribution in [-0.4, -0.2) is 50.4 Å². The largest absolute Gasteiger partial charge is 0.381 e. The van der Waals surface area contributed by atoms with Gasteiger partial charge in [0.2, 0.25) is 5.95 Å². The Morgan fingerprint density at radius 1 is 1.19 bits per heavy atom. The van der Waals surface area contributed by atoms with Gasteiger partial charge in [-0.05, 0) is 30.5 Å². The third-order valence-electron chi connectivity index (χ3n) is 4.79. The fraction of sp³-hybridized carbons (Fsp3) is 0.333. The zero-order chi connectivity index (χ0) is 17.3. The number of hydrogen-bond donors (Lipinski definition) is 2. The first-order valence-corrected chi connectivity index (χ1v) is 8.82. The highest BCUT2D eigenvalue weighted by molar-refractivity contribution is 5.87. The Hall–Kier alpha value is -3.00. The number of rotatable bonds is 3. The molecule has 0 unspecified atom stereocenters. The second kappa shape index (κ2) is 6.38. The summed E-state index contributed by atoms with van der Waals surface area (Å²) in [6.07, 6.45) is 9.54. The van der Waals surface area contributed by atoms with Crippen LogP contribution >= 0.6 is 0 Å². The monoisotopic (exact) mass is 349 g/mol. The summed E-state index contributed by atoms with van der Waals surface area (Å²) in [5.41, 5.74) is 4.00. The third kappa shape index (κ3) is 2.78. The summed E-state index contributed by atoms with van der Waals surface area (Å²) in [7, 11) is 0. The molecular weight excluding hydrogens is 330 g/mol. The van der Waals surface area contributed by atoms with Crippen LogP contribution in [0.15, 0.2) is 36.9 Å². The lowest BCUT2D eigenvalue weighted by molar-refractivity contribution is 0.0903. The quantitative estimate of drug-likeness (QED) is 0.747. The number of hydrogen-bond acceptors (Lipinski definition) is 7. The molecule has 3 aromatic heterocycles. The van der Waals surface area contributed by atoms with E-state index in [0.717, 1.165) is 60.8 Å². The van der Waals surface area contributed by atoms with Gasteiger partial charge in [-0.15, -0.1) is 0 Å². The predicted octanol–water partition coefficient (Wildman–Crippen LogP) is 1.97. The van der Waals surface area contributed by atoms with Crippen LogP contribution in [-0.2, 0) is 4.74 Å². The van der Waals surface area contributed by atoms with Gasteiger partial charge in [0.1, 0.15) is 12.1 Å². The first-order chi connectivity index (χ1) is 12.9. The van der Waals surface area contributed by atoms with E-state index in [2.05, 4.69) is 42.8 Å².